The molecule has 1 aliphatic carbocycles. The zero-order valence-electron chi connectivity index (χ0n) is 44.7. The molecule has 1 aliphatic heterocycles. The molecule has 0 amide bonds. The van der Waals surface area contributed by atoms with Crippen LogP contribution >= 0.6 is 0 Å². The first-order valence-electron chi connectivity index (χ1n) is 28.8. The Labute approximate surface area is 426 Å². The van der Waals surface area contributed by atoms with E-state index in [1.807, 2.05) is 0 Å². The number of hydrogen-bond acceptors (Lipinski definition) is 9. The third-order valence-corrected chi connectivity index (χ3v) is 13.8. The van der Waals surface area contributed by atoms with E-state index in [4.69, 9.17) is 18.9 Å². The molecule has 1 heterocycles. The summed E-state index contributed by atoms with van der Waals surface area (Å²) in [6, 6.07) is 0. The van der Waals surface area contributed by atoms with Crippen LogP contribution in [0.3, 0.4) is 0 Å². The number of allylic oxidation sites excluding steroid dienone is 10. The lowest BCUT2D eigenvalue weighted by Crippen LogP contribution is -2.33. The van der Waals surface area contributed by atoms with Crippen LogP contribution in [0.25, 0.3) is 0 Å². The molecule has 0 aromatic heterocycles. The van der Waals surface area contributed by atoms with E-state index in [9.17, 15) is 24.0 Å². The third-order valence-electron chi connectivity index (χ3n) is 13.8. The second-order valence-electron chi connectivity index (χ2n) is 20.1. The highest BCUT2D eigenvalue weighted by Crippen LogP contribution is 2.44. The summed E-state index contributed by atoms with van der Waals surface area (Å²) >= 11 is 0. The van der Waals surface area contributed by atoms with Crippen molar-refractivity contribution in [2.45, 2.75) is 258 Å². The van der Waals surface area contributed by atoms with Crippen molar-refractivity contribution in [2.75, 3.05) is 13.2 Å². The molecule has 9 heteroatoms. The molecule has 70 heavy (non-hydrogen) atoms. The van der Waals surface area contributed by atoms with Crippen molar-refractivity contribution in [1.29, 1.82) is 0 Å². The van der Waals surface area contributed by atoms with Gasteiger partial charge in [-0.3, -0.25) is 24.0 Å². The molecule has 0 bridgehead atoms. The summed E-state index contributed by atoms with van der Waals surface area (Å²) in [6.07, 6.45) is 57.3. The third kappa shape index (κ3) is 32.3. The summed E-state index contributed by atoms with van der Waals surface area (Å²) in [4.78, 5) is 63.8. The Morgan fingerprint density at radius 1 is 0.457 bits per heavy atom. The molecule has 0 radical (unpaired) electrons. The second-order valence-corrected chi connectivity index (χ2v) is 20.1. The highest BCUT2D eigenvalue weighted by molar-refractivity contribution is 5.97. The van der Waals surface area contributed by atoms with Crippen LogP contribution < -0.4 is 0 Å². The first-order valence-corrected chi connectivity index (χ1v) is 28.8. The smallest absolute Gasteiger partial charge is 0.318 e. The van der Waals surface area contributed by atoms with Gasteiger partial charge < -0.3 is 18.9 Å². The average Bonchev–Trinajstić information content (AvgIpc) is 3.66. The molecule has 0 aromatic rings. The van der Waals surface area contributed by atoms with Gasteiger partial charge in [-0.25, -0.2) is 0 Å². The standard InChI is InChI=1S/C61H100O9/c1-4-7-10-13-15-17-19-21-23-25-27-29-31-35-40-45-55(62)67-50-54(51-68-56(63)46-41-36-32-30-28-26-24-22-20-18-16-14-11-8-5-2)69-57(64)47-42-37-33-34-39-44-53-49-48-52(43-38-12-9-6-3)58-59(53)61(66)70-60(58)65/h7,10,15,17,21-24,48-49,52-54,58-59H,4-6,8-9,11-14,16,18-20,25-47,50-51H2,1-3H3/b10-7-,17-15-,23-21-,24-22-. The first-order chi connectivity index (χ1) is 34.3. The molecule has 1 saturated heterocycles. The Kier molecular flexibility index (Phi) is 39.2. The van der Waals surface area contributed by atoms with Gasteiger partial charge in [0.15, 0.2) is 6.10 Å². The van der Waals surface area contributed by atoms with Crippen molar-refractivity contribution in [2.24, 2.45) is 23.7 Å². The van der Waals surface area contributed by atoms with Crippen molar-refractivity contribution in [3.63, 3.8) is 0 Å². The van der Waals surface area contributed by atoms with Crippen molar-refractivity contribution >= 4 is 29.8 Å². The molecule has 0 N–H and O–H groups in total. The minimum absolute atomic E-state index is 0.0202. The molecular formula is C61H100O9. The van der Waals surface area contributed by atoms with Crippen molar-refractivity contribution in [3.8, 4) is 0 Å². The number of carbonyl (C=O) groups excluding carboxylic acids is 5. The average molecular weight is 977 g/mol. The quantitative estimate of drug-likeness (QED) is 0.0193. The normalized spacial score (nSPS) is 18.4. The van der Waals surface area contributed by atoms with Crippen molar-refractivity contribution < 1.29 is 42.9 Å². The molecule has 9 nitrogen and oxygen atoms in total. The maximum Gasteiger partial charge on any atom is 0.318 e. The Balaban J connectivity index is 1.70. The maximum absolute atomic E-state index is 13.0. The molecule has 2 aliphatic rings. The van der Waals surface area contributed by atoms with Gasteiger partial charge in [-0.15, -0.1) is 0 Å². The number of unbranched alkanes of at least 4 members (excludes halogenated alkanes) is 23. The van der Waals surface area contributed by atoms with Crippen molar-refractivity contribution in [1.82, 2.24) is 0 Å². The van der Waals surface area contributed by atoms with Crippen LogP contribution in [0.4, 0.5) is 0 Å². The van der Waals surface area contributed by atoms with Crippen molar-refractivity contribution in [3.05, 3.63) is 60.8 Å². The summed E-state index contributed by atoms with van der Waals surface area (Å²) in [6.45, 7) is 6.30. The van der Waals surface area contributed by atoms with Gasteiger partial charge in [0.2, 0.25) is 0 Å². The number of ether oxygens (including phenoxy) is 4. The van der Waals surface area contributed by atoms with Crippen LogP contribution in [0.15, 0.2) is 60.8 Å². The lowest BCUT2D eigenvalue weighted by Gasteiger charge is -2.31. The van der Waals surface area contributed by atoms with E-state index in [0.717, 1.165) is 148 Å². The van der Waals surface area contributed by atoms with Gasteiger partial charge in [-0.2, -0.15) is 0 Å². The lowest BCUT2D eigenvalue weighted by molar-refractivity contribution is -0.167. The minimum atomic E-state index is -0.853. The molecule has 5 unspecified atom stereocenters. The van der Waals surface area contributed by atoms with Crippen LogP contribution in [0.2, 0.25) is 0 Å². The number of rotatable bonds is 46. The van der Waals surface area contributed by atoms with E-state index in [0.29, 0.717) is 19.3 Å². The monoisotopic (exact) mass is 977 g/mol. The molecule has 5 atom stereocenters. The Bertz CT molecular complexity index is 1520. The van der Waals surface area contributed by atoms with Crippen LogP contribution in [0, 0.1) is 23.7 Å². The highest BCUT2D eigenvalue weighted by atomic mass is 16.6. The Hall–Kier alpha value is -3.75. The maximum atomic E-state index is 13.0. The molecule has 1 fully saturated rings. The van der Waals surface area contributed by atoms with Gasteiger partial charge >= 0.3 is 29.8 Å². The minimum Gasteiger partial charge on any atom is -0.462 e. The summed E-state index contributed by atoms with van der Waals surface area (Å²) < 4.78 is 22.0. The van der Waals surface area contributed by atoms with Gasteiger partial charge in [-0.1, -0.05) is 204 Å². The predicted octanol–water partition coefficient (Wildman–Crippen LogP) is 16.4. The van der Waals surface area contributed by atoms with Gasteiger partial charge in [0.25, 0.3) is 0 Å². The zero-order chi connectivity index (χ0) is 50.5. The Morgan fingerprint density at radius 3 is 1.27 bits per heavy atom. The highest BCUT2D eigenvalue weighted by Gasteiger charge is 2.51. The number of carbonyl (C=O) groups is 5. The van der Waals surface area contributed by atoms with E-state index in [2.05, 4.69) is 81.5 Å². The van der Waals surface area contributed by atoms with E-state index in [1.54, 1.807) is 0 Å². The van der Waals surface area contributed by atoms with Gasteiger partial charge in [0, 0.05) is 19.3 Å². The van der Waals surface area contributed by atoms with Gasteiger partial charge in [0.1, 0.15) is 13.2 Å². The fourth-order valence-electron chi connectivity index (χ4n) is 9.58. The SMILES string of the molecule is CC/C=C\C/C=C\C/C=C\CCCCCCCC(=O)OCC(COC(=O)CCCCCCC/C=C\CCCCCCCC)OC(=O)CCCCCCCC1C=CC(CCCCCC)C2C(=O)OC(=O)C12. The van der Waals surface area contributed by atoms with E-state index in [-0.39, 0.29) is 67.2 Å². The fourth-order valence-corrected chi connectivity index (χ4v) is 9.58. The van der Waals surface area contributed by atoms with Crippen LogP contribution in [-0.2, 0) is 42.9 Å². The molecule has 0 aromatic carbocycles. The molecule has 2 rings (SSSR count). The summed E-state index contributed by atoms with van der Waals surface area (Å²) in [5.41, 5.74) is 0. The lowest BCUT2D eigenvalue weighted by atomic mass is 9.69. The first kappa shape index (κ1) is 62.4. The number of fused-ring (bicyclic) bond motifs is 1. The largest absolute Gasteiger partial charge is 0.462 e. The van der Waals surface area contributed by atoms with Gasteiger partial charge in [0.05, 0.1) is 11.8 Å². The summed E-state index contributed by atoms with van der Waals surface area (Å²) in [7, 11) is 0. The molecular weight excluding hydrogens is 877 g/mol. The van der Waals surface area contributed by atoms with Crippen LogP contribution in [0.5, 0.6) is 0 Å². The number of cyclic esters (lactones) is 2. The second kappa shape index (κ2) is 44.0. The van der Waals surface area contributed by atoms with Crippen LogP contribution in [-0.4, -0.2) is 49.2 Å². The number of hydrogen-bond donors (Lipinski definition) is 0. The Morgan fingerprint density at radius 2 is 0.814 bits per heavy atom. The van der Waals surface area contributed by atoms with Gasteiger partial charge in [-0.05, 0) is 102 Å². The predicted molar refractivity (Wildman–Crippen MR) is 286 cm³/mol. The van der Waals surface area contributed by atoms with E-state index >= 15 is 0 Å². The molecule has 398 valence electrons. The molecule has 0 saturated carbocycles. The summed E-state index contributed by atoms with van der Waals surface area (Å²) in [5.74, 6) is -2.39. The topological polar surface area (TPSA) is 122 Å². The van der Waals surface area contributed by atoms with Crippen LogP contribution in [0.1, 0.15) is 252 Å². The van der Waals surface area contributed by atoms with E-state index < -0.39 is 12.1 Å². The summed E-state index contributed by atoms with van der Waals surface area (Å²) in [5, 5.41) is 0. The molecule has 0 spiro atoms. The fraction of sp³-hybridized carbons (Fsp3) is 0.754. The zero-order valence-corrected chi connectivity index (χ0v) is 44.7. The number of esters is 5. The van der Waals surface area contributed by atoms with E-state index in [1.165, 1.54) is 57.8 Å².